The summed E-state index contributed by atoms with van der Waals surface area (Å²) in [5, 5.41) is 9.95. The first kappa shape index (κ1) is 15.5. The number of likely N-dealkylation sites (N-methyl/N-ethyl adjacent to an activating group) is 1. The van der Waals surface area contributed by atoms with Crippen molar-refractivity contribution in [3.8, 4) is 5.69 Å². The smallest absolute Gasteiger partial charge is 0.200 e. The van der Waals surface area contributed by atoms with E-state index in [9.17, 15) is 0 Å². The largest absolute Gasteiger partial charge is 0.328 e. The lowest BCUT2D eigenvalue weighted by Crippen LogP contribution is -3.26. The number of benzene rings is 2. The number of piperazine rings is 1. The minimum Gasteiger partial charge on any atom is -0.328 e. The molecule has 0 saturated carbocycles. The summed E-state index contributed by atoms with van der Waals surface area (Å²) in [4.78, 5) is 3.20. The first-order valence-electron chi connectivity index (χ1n) is 8.51. The Bertz CT molecular complexity index is 905. The molecule has 124 valence electrons. The van der Waals surface area contributed by atoms with Crippen molar-refractivity contribution in [2.75, 3.05) is 33.2 Å². The van der Waals surface area contributed by atoms with Crippen LogP contribution in [0.5, 0.6) is 0 Å². The van der Waals surface area contributed by atoms with E-state index in [4.69, 9.17) is 12.2 Å². The minimum atomic E-state index is 0.666. The van der Waals surface area contributed by atoms with Crippen LogP contribution in [0.1, 0.15) is 5.82 Å². The van der Waals surface area contributed by atoms with Gasteiger partial charge in [0.05, 0.1) is 12.7 Å². The van der Waals surface area contributed by atoms with E-state index in [0.717, 1.165) is 18.1 Å². The van der Waals surface area contributed by atoms with E-state index in [-0.39, 0.29) is 0 Å². The Kier molecular flexibility index (Phi) is 4.18. The van der Waals surface area contributed by atoms with E-state index in [0.29, 0.717) is 4.77 Å². The average molecular weight is 341 g/mol. The summed E-state index contributed by atoms with van der Waals surface area (Å²) in [6.45, 7) is 5.71. The Morgan fingerprint density at radius 3 is 2.62 bits per heavy atom. The number of aromatic amines is 1. The zero-order chi connectivity index (χ0) is 16.5. The van der Waals surface area contributed by atoms with Gasteiger partial charge in [-0.2, -0.15) is 5.10 Å². The van der Waals surface area contributed by atoms with Gasteiger partial charge in [-0.3, -0.25) is 9.67 Å². The van der Waals surface area contributed by atoms with Crippen molar-refractivity contribution in [3.63, 3.8) is 0 Å². The number of quaternary nitrogens is 2. The predicted octanol–water partition coefficient (Wildman–Crippen LogP) is -0.00371. The fourth-order valence-electron chi connectivity index (χ4n) is 3.46. The molecule has 1 fully saturated rings. The topological polar surface area (TPSA) is 42.5 Å². The van der Waals surface area contributed by atoms with Gasteiger partial charge in [-0.15, -0.1) is 0 Å². The molecule has 1 aromatic heterocycles. The van der Waals surface area contributed by atoms with Crippen molar-refractivity contribution in [2.45, 2.75) is 6.54 Å². The van der Waals surface area contributed by atoms with Crippen LogP contribution in [0.2, 0.25) is 0 Å². The molecule has 0 bridgehead atoms. The van der Waals surface area contributed by atoms with E-state index in [2.05, 4.69) is 64.3 Å². The second kappa shape index (κ2) is 6.47. The molecular formula is C18H23N5S+2. The van der Waals surface area contributed by atoms with Gasteiger partial charge in [0.25, 0.3) is 0 Å². The highest BCUT2D eigenvalue weighted by Gasteiger charge is 2.22. The molecule has 0 spiro atoms. The first-order valence-corrected chi connectivity index (χ1v) is 8.92. The Balaban J connectivity index is 1.67. The second-order valence-corrected chi connectivity index (χ2v) is 7.08. The monoisotopic (exact) mass is 341 g/mol. The van der Waals surface area contributed by atoms with Gasteiger partial charge in [-0.05, 0) is 35.1 Å². The molecule has 4 rings (SSSR count). The normalized spacial score (nSPS) is 21.2. The third kappa shape index (κ3) is 3.00. The summed E-state index contributed by atoms with van der Waals surface area (Å²) in [6.07, 6.45) is 0. The number of hydrogen-bond acceptors (Lipinski definition) is 2. The number of aromatic nitrogens is 3. The fraction of sp³-hybridized carbons (Fsp3) is 0.333. The molecule has 24 heavy (non-hydrogen) atoms. The number of hydrogen-bond donors (Lipinski definition) is 3. The number of rotatable bonds is 3. The third-order valence-electron chi connectivity index (χ3n) is 4.95. The molecule has 3 N–H and O–H groups in total. The van der Waals surface area contributed by atoms with Crippen molar-refractivity contribution in [1.82, 2.24) is 14.8 Å². The maximum Gasteiger partial charge on any atom is 0.200 e. The Hall–Kier alpha value is -2.02. The molecule has 0 atom stereocenters. The van der Waals surface area contributed by atoms with Crippen molar-refractivity contribution in [1.29, 1.82) is 0 Å². The molecule has 2 heterocycles. The SMILES string of the molecule is C[NH+]1CC[NH+](Cc2n[nH]c(=S)n2-c2ccc3ccccc3c2)CC1. The molecule has 0 aliphatic carbocycles. The predicted molar refractivity (Wildman–Crippen MR) is 97.3 cm³/mol. The highest BCUT2D eigenvalue weighted by molar-refractivity contribution is 7.71. The summed E-state index contributed by atoms with van der Waals surface area (Å²) in [5.74, 6) is 1.02. The van der Waals surface area contributed by atoms with Crippen LogP contribution in [0.4, 0.5) is 0 Å². The molecule has 2 aromatic carbocycles. The first-order chi connectivity index (χ1) is 11.7. The third-order valence-corrected chi connectivity index (χ3v) is 5.23. The van der Waals surface area contributed by atoms with Gasteiger partial charge in [0.2, 0.25) is 0 Å². The molecule has 1 aliphatic heterocycles. The lowest BCUT2D eigenvalue weighted by molar-refractivity contribution is -1.01. The van der Waals surface area contributed by atoms with Gasteiger partial charge in [0, 0.05) is 0 Å². The van der Waals surface area contributed by atoms with Gasteiger partial charge in [0.15, 0.2) is 10.6 Å². The van der Waals surface area contributed by atoms with Crippen molar-refractivity contribution in [3.05, 3.63) is 53.1 Å². The van der Waals surface area contributed by atoms with E-state index >= 15 is 0 Å². The van der Waals surface area contributed by atoms with Crippen molar-refractivity contribution >= 4 is 23.0 Å². The second-order valence-electron chi connectivity index (χ2n) is 6.70. The Morgan fingerprint density at radius 1 is 1.08 bits per heavy atom. The zero-order valence-electron chi connectivity index (χ0n) is 13.9. The van der Waals surface area contributed by atoms with E-state index in [1.165, 1.54) is 37.0 Å². The quantitative estimate of drug-likeness (QED) is 0.587. The molecule has 5 nitrogen and oxygen atoms in total. The maximum atomic E-state index is 5.50. The molecule has 0 amide bonds. The average Bonchev–Trinajstić information content (AvgIpc) is 2.97. The molecule has 1 saturated heterocycles. The van der Waals surface area contributed by atoms with Gasteiger partial charge in [0.1, 0.15) is 32.7 Å². The lowest BCUT2D eigenvalue weighted by atomic mass is 10.1. The Morgan fingerprint density at radius 2 is 1.83 bits per heavy atom. The van der Waals surface area contributed by atoms with Crippen LogP contribution in [0.25, 0.3) is 16.5 Å². The van der Waals surface area contributed by atoms with Crippen LogP contribution in [0.15, 0.2) is 42.5 Å². The molecule has 0 radical (unpaired) electrons. The summed E-state index contributed by atoms with van der Waals surface area (Å²) >= 11 is 5.50. The summed E-state index contributed by atoms with van der Waals surface area (Å²) < 4.78 is 2.75. The van der Waals surface area contributed by atoms with E-state index in [1.807, 2.05) is 0 Å². The van der Waals surface area contributed by atoms with Crippen LogP contribution in [0.3, 0.4) is 0 Å². The zero-order valence-corrected chi connectivity index (χ0v) is 14.7. The summed E-state index contributed by atoms with van der Waals surface area (Å²) in [5.41, 5.74) is 1.08. The molecule has 3 aromatic rings. The van der Waals surface area contributed by atoms with Gasteiger partial charge < -0.3 is 9.80 Å². The van der Waals surface area contributed by atoms with Crippen LogP contribution in [-0.2, 0) is 6.54 Å². The molecule has 0 unspecified atom stereocenters. The molecule has 1 aliphatic rings. The molecular weight excluding hydrogens is 318 g/mol. The Labute approximate surface area is 146 Å². The fourth-order valence-corrected chi connectivity index (χ4v) is 3.72. The van der Waals surface area contributed by atoms with Crippen LogP contribution in [0, 0.1) is 4.77 Å². The summed E-state index contributed by atoms with van der Waals surface area (Å²) in [7, 11) is 2.27. The van der Waals surface area contributed by atoms with Gasteiger partial charge in [-0.1, -0.05) is 30.3 Å². The summed E-state index contributed by atoms with van der Waals surface area (Å²) in [6, 6.07) is 14.9. The van der Waals surface area contributed by atoms with Crippen molar-refractivity contribution < 1.29 is 9.80 Å². The van der Waals surface area contributed by atoms with Crippen LogP contribution < -0.4 is 9.80 Å². The number of nitrogens with one attached hydrogen (secondary N) is 3. The highest BCUT2D eigenvalue weighted by atomic mass is 32.1. The minimum absolute atomic E-state index is 0.666. The van der Waals surface area contributed by atoms with Gasteiger partial charge >= 0.3 is 0 Å². The standard InChI is InChI=1S/C18H21N5S/c1-21-8-10-22(11-9-21)13-17-19-20-18(24)23(17)16-7-6-14-4-2-3-5-15(14)12-16/h2-7,12H,8-11,13H2,1H3,(H,20,24)/p+2. The maximum absolute atomic E-state index is 5.50. The van der Waals surface area contributed by atoms with Crippen molar-refractivity contribution in [2.24, 2.45) is 0 Å². The van der Waals surface area contributed by atoms with Gasteiger partial charge in [-0.25, -0.2) is 0 Å². The van der Waals surface area contributed by atoms with Crippen LogP contribution >= 0.6 is 12.2 Å². The lowest BCUT2D eigenvalue weighted by Gasteiger charge is -2.27. The number of fused-ring (bicyclic) bond motifs is 1. The molecule has 6 heteroatoms. The van der Waals surface area contributed by atoms with Crippen LogP contribution in [-0.4, -0.2) is 48.0 Å². The highest BCUT2D eigenvalue weighted by Crippen LogP contribution is 2.19. The van der Waals surface area contributed by atoms with E-state index in [1.54, 1.807) is 9.80 Å². The van der Waals surface area contributed by atoms with E-state index < -0.39 is 0 Å². The number of nitrogens with zero attached hydrogens (tertiary/aromatic N) is 2. The number of H-pyrrole nitrogens is 1.